The molecule has 1 atom stereocenters. The Morgan fingerprint density at radius 1 is 1.47 bits per heavy atom. The summed E-state index contributed by atoms with van der Waals surface area (Å²) in [5.41, 5.74) is 1.52. The lowest BCUT2D eigenvalue weighted by Crippen LogP contribution is -2.11. The zero-order valence-corrected chi connectivity index (χ0v) is 10.9. The number of H-pyrrole nitrogens is 1. The number of nitrogens with zero attached hydrogens (tertiary/aromatic N) is 3. The smallest absolute Gasteiger partial charge is 0.226 e. The van der Waals surface area contributed by atoms with Crippen LogP contribution in [0.3, 0.4) is 0 Å². The molecule has 1 unspecified atom stereocenters. The molecule has 0 aromatic carbocycles. The van der Waals surface area contributed by atoms with Crippen molar-refractivity contribution in [2.75, 3.05) is 37.4 Å². The summed E-state index contributed by atoms with van der Waals surface area (Å²) in [7, 11) is 1.80. The number of hydrogen-bond acceptors (Lipinski definition) is 6. The van der Waals surface area contributed by atoms with E-state index in [2.05, 4.69) is 30.6 Å². The number of aromatic nitrogens is 4. The Bertz CT molecular complexity index is 548. The lowest BCUT2D eigenvalue weighted by Gasteiger charge is -2.10. The van der Waals surface area contributed by atoms with E-state index in [4.69, 9.17) is 4.74 Å². The van der Waals surface area contributed by atoms with Gasteiger partial charge in [0.25, 0.3) is 0 Å². The number of aromatic amines is 1. The van der Waals surface area contributed by atoms with Gasteiger partial charge in [-0.2, -0.15) is 9.97 Å². The number of imidazole rings is 1. The Morgan fingerprint density at radius 2 is 2.42 bits per heavy atom. The summed E-state index contributed by atoms with van der Waals surface area (Å²) in [5, 5.41) is 6.30. The van der Waals surface area contributed by atoms with Gasteiger partial charge in [-0.3, -0.25) is 0 Å². The van der Waals surface area contributed by atoms with Crippen molar-refractivity contribution >= 4 is 22.9 Å². The zero-order chi connectivity index (χ0) is 13.1. The van der Waals surface area contributed by atoms with Crippen LogP contribution in [0.1, 0.15) is 12.8 Å². The van der Waals surface area contributed by atoms with Crippen LogP contribution in [-0.4, -0.2) is 46.7 Å². The summed E-state index contributed by atoms with van der Waals surface area (Å²) in [6.07, 6.45) is 3.88. The van der Waals surface area contributed by atoms with Crippen LogP contribution in [0.5, 0.6) is 0 Å². The minimum Gasteiger partial charge on any atom is -0.381 e. The van der Waals surface area contributed by atoms with Crippen LogP contribution in [0.25, 0.3) is 11.2 Å². The molecular weight excluding hydrogens is 244 g/mol. The Balaban J connectivity index is 1.70. The molecule has 1 saturated heterocycles. The number of anilines is 2. The van der Waals surface area contributed by atoms with Gasteiger partial charge in [0.05, 0.1) is 6.33 Å². The summed E-state index contributed by atoms with van der Waals surface area (Å²) in [5.74, 6) is 2.03. The number of hydrogen-bond donors (Lipinski definition) is 3. The molecular formula is C12H18N6O. The van der Waals surface area contributed by atoms with Gasteiger partial charge in [-0.1, -0.05) is 0 Å². The average Bonchev–Trinajstić information content (AvgIpc) is 3.08. The van der Waals surface area contributed by atoms with Crippen molar-refractivity contribution in [3.05, 3.63) is 6.33 Å². The first-order chi connectivity index (χ1) is 9.36. The lowest BCUT2D eigenvalue weighted by atomic mass is 10.1. The minimum absolute atomic E-state index is 0.575. The maximum absolute atomic E-state index is 5.37. The first-order valence-electron chi connectivity index (χ1n) is 6.57. The molecule has 0 radical (unpaired) electrons. The third-order valence-electron chi connectivity index (χ3n) is 3.38. The standard InChI is InChI=1S/C12H18N6O/c1-13-12-17-10(9-11(18-12)16-7-15-9)14-4-2-8-3-5-19-6-8/h7-8H,2-6H2,1H3,(H3,13,14,15,16,17,18). The van der Waals surface area contributed by atoms with E-state index in [0.29, 0.717) is 17.5 Å². The number of fused-ring (bicyclic) bond motifs is 1. The van der Waals surface area contributed by atoms with Crippen LogP contribution in [0.2, 0.25) is 0 Å². The molecule has 3 N–H and O–H groups in total. The molecule has 1 aliphatic rings. The van der Waals surface area contributed by atoms with Gasteiger partial charge >= 0.3 is 0 Å². The maximum atomic E-state index is 5.37. The molecule has 1 fully saturated rings. The van der Waals surface area contributed by atoms with Gasteiger partial charge in [-0.25, -0.2) is 4.98 Å². The zero-order valence-electron chi connectivity index (χ0n) is 10.9. The molecule has 2 aromatic heterocycles. The Morgan fingerprint density at radius 3 is 3.21 bits per heavy atom. The lowest BCUT2D eigenvalue weighted by molar-refractivity contribution is 0.185. The van der Waals surface area contributed by atoms with Gasteiger partial charge in [-0.05, 0) is 18.8 Å². The Kier molecular flexibility index (Phi) is 3.45. The predicted molar refractivity (Wildman–Crippen MR) is 73.3 cm³/mol. The summed E-state index contributed by atoms with van der Waals surface area (Å²) in [6, 6.07) is 0. The van der Waals surface area contributed by atoms with Gasteiger partial charge < -0.3 is 20.4 Å². The fourth-order valence-corrected chi connectivity index (χ4v) is 2.28. The molecule has 2 aromatic rings. The molecule has 0 saturated carbocycles. The second-order valence-corrected chi connectivity index (χ2v) is 4.69. The van der Waals surface area contributed by atoms with Crippen molar-refractivity contribution < 1.29 is 4.74 Å². The molecule has 0 bridgehead atoms. The highest BCUT2D eigenvalue weighted by Gasteiger charge is 2.15. The van der Waals surface area contributed by atoms with E-state index in [-0.39, 0.29) is 0 Å². The molecule has 0 amide bonds. The van der Waals surface area contributed by atoms with Crippen LogP contribution < -0.4 is 10.6 Å². The van der Waals surface area contributed by atoms with E-state index in [1.165, 1.54) is 0 Å². The average molecular weight is 262 g/mol. The molecule has 7 heteroatoms. The second-order valence-electron chi connectivity index (χ2n) is 4.69. The van der Waals surface area contributed by atoms with Gasteiger partial charge in [0.15, 0.2) is 11.5 Å². The van der Waals surface area contributed by atoms with E-state index >= 15 is 0 Å². The van der Waals surface area contributed by atoms with Gasteiger partial charge in [0.1, 0.15) is 5.52 Å². The molecule has 3 rings (SSSR count). The van der Waals surface area contributed by atoms with Crippen molar-refractivity contribution in [1.29, 1.82) is 0 Å². The van der Waals surface area contributed by atoms with Crippen LogP contribution in [0, 0.1) is 5.92 Å². The summed E-state index contributed by atoms with van der Waals surface area (Å²) in [4.78, 5) is 15.9. The van der Waals surface area contributed by atoms with Gasteiger partial charge in [-0.15, -0.1) is 0 Å². The van der Waals surface area contributed by atoms with Crippen LogP contribution >= 0.6 is 0 Å². The molecule has 1 aliphatic heterocycles. The minimum atomic E-state index is 0.575. The number of ether oxygens (including phenoxy) is 1. The summed E-state index contributed by atoms with van der Waals surface area (Å²) < 4.78 is 5.37. The third-order valence-corrected chi connectivity index (χ3v) is 3.38. The monoisotopic (exact) mass is 262 g/mol. The second kappa shape index (κ2) is 5.40. The first-order valence-corrected chi connectivity index (χ1v) is 6.57. The van der Waals surface area contributed by atoms with E-state index in [0.717, 1.165) is 43.9 Å². The molecule has 7 nitrogen and oxygen atoms in total. The van der Waals surface area contributed by atoms with Crippen LogP contribution in [0.15, 0.2) is 6.33 Å². The highest BCUT2D eigenvalue weighted by atomic mass is 16.5. The topological polar surface area (TPSA) is 87.8 Å². The highest BCUT2D eigenvalue weighted by Crippen LogP contribution is 2.20. The van der Waals surface area contributed by atoms with E-state index < -0.39 is 0 Å². The first kappa shape index (κ1) is 12.2. The Hall–Kier alpha value is -1.89. The van der Waals surface area contributed by atoms with Crippen LogP contribution in [-0.2, 0) is 4.74 Å². The van der Waals surface area contributed by atoms with E-state index in [1.807, 2.05) is 0 Å². The SMILES string of the molecule is CNc1nc(NCCC2CCOC2)c2[nH]cnc2n1. The summed E-state index contributed by atoms with van der Waals surface area (Å²) in [6.45, 7) is 2.65. The van der Waals surface area contributed by atoms with Crippen LogP contribution in [0.4, 0.5) is 11.8 Å². The normalized spacial score (nSPS) is 18.9. The molecule has 19 heavy (non-hydrogen) atoms. The van der Waals surface area contributed by atoms with Crippen molar-refractivity contribution in [2.24, 2.45) is 5.92 Å². The van der Waals surface area contributed by atoms with Gasteiger partial charge in [0, 0.05) is 26.8 Å². The van der Waals surface area contributed by atoms with Gasteiger partial charge in [0.2, 0.25) is 5.95 Å². The van der Waals surface area contributed by atoms with Crippen molar-refractivity contribution in [2.45, 2.75) is 12.8 Å². The molecule has 3 heterocycles. The highest BCUT2D eigenvalue weighted by molar-refractivity contribution is 5.83. The number of nitrogens with one attached hydrogen (secondary N) is 3. The molecule has 0 aliphatic carbocycles. The fraction of sp³-hybridized carbons (Fsp3) is 0.583. The van der Waals surface area contributed by atoms with Crippen molar-refractivity contribution in [3.63, 3.8) is 0 Å². The predicted octanol–water partition coefficient (Wildman–Crippen LogP) is 1.23. The number of rotatable bonds is 5. The van der Waals surface area contributed by atoms with E-state index in [1.54, 1.807) is 13.4 Å². The van der Waals surface area contributed by atoms with Crippen molar-refractivity contribution in [3.8, 4) is 0 Å². The molecule has 0 spiro atoms. The summed E-state index contributed by atoms with van der Waals surface area (Å²) >= 11 is 0. The maximum Gasteiger partial charge on any atom is 0.226 e. The largest absolute Gasteiger partial charge is 0.381 e. The molecule has 102 valence electrons. The fourth-order valence-electron chi connectivity index (χ4n) is 2.28. The van der Waals surface area contributed by atoms with Crippen molar-refractivity contribution in [1.82, 2.24) is 19.9 Å². The quantitative estimate of drug-likeness (QED) is 0.751. The third kappa shape index (κ3) is 2.60. The van der Waals surface area contributed by atoms with E-state index in [9.17, 15) is 0 Å². The Labute approximate surface area is 111 Å².